The van der Waals surface area contributed by atoms with Crippen molar-refractivity contribution in [2.24, 2.45) is 17.8 Å². The molecule has 2 N–H and O–H groups in total. The van der Waals surface area contributed by atoms with E-state index in [9.17, 15) is 19.8 Å². The number of aliphatic hydroxyl groups excluding tert-OH is 2. The summed E-state index contributed by atoms with van der Waals surface area (Å²) in [6, 6.07) is 0. The molecule has 0 amide bonds. The second-order valence-corrected chi connectivity index (χ2v) is 10.5. The highest BCUT2D eigenvalue weighted by atomic mass is 32.2. The number of carbonyl (C=O) groups excluding carboxylic acids is 2. The summed E-state index contributed by atoms with van der Waals surface area (Å²) >= 11 is 1.59. The number of unbranched alkanes of at least 4 members (excludes halogenated alkanes) is 3. The quantitative estimate of drug-likeness (QED) is 0.173. The van der Waals surface area contributed by atoms with Gasteiger partial charge in [-0.1, -0.05) is 65.5 Å². The van der Waals surface area contributed by atoms with Gasteiger partial charge in [-0.15, -0.1) is 11.8 Å². The Labute approximate surface area is 204 Å². The van der Waals surface area contributed by atoms with Crippen molar-refractivity contribution in [1.82, 2.24) is 0 Å². The van der Waals surface area contributed by atoms with Crippen LogP contribution in [0.5, 0.6) is 0 Å². The molecule has 0 spiro atoms. The third kappa shape index (κ3) is 11.6. The van der Waals surface area contributed by atoms with Gasteiger partial charge in [-0.25, -0.2) is 0 Å². The van der Waals surface area contributed by atoms with Crippen molar-refractivity contribution in [2.45, 2.75) is 97.7 Å². The minimum absolute atomic E-state index is 0.195. The number of rotatable bonds is 16. The maximum absolute atomic E-state index is 12.2. The van der Waals surface area contributed by atoms with Crippen LogP contribution in [-0.2, 0) is 19.1 Å². The van der Waals surface area contributed by atoms with Gasteiger partial charge < -0.3 is 19.7 Å². The molecule has 0 bridgehead atoms. The van der Waals surface area contributed by atoms with E-state index in [0.29, 0.717) is 30.9 Å². The summed E-state index contributed by atoms with van der Waals surface area (Å²) in [5.41, 5.74) is 0. The Morgan fingerprint density at radius 1 is 1.18 bits per heavy atom. The van der Waals surface area contributed by atoms with Gasteiger partial charge in [0, 0.05) is 23.7 Å². The molecule has 0 radical (unpaired) electrons. The third-order valence-corrected chi connectivity index (χ3v) is 7.13. The van der Waals surface area contributed by atoms with Crippen LogP contribution in [0.25, 0.3) is 0 Å². The van der Waals surface area contributed by atoms with Gasteiger partial charge in [-0.2, -0.15) is 0 Å². The number of carbonyl (C=O) groups is 2. The molecule has 0 saturated heterocycles. The van der Waals surface area contributed by atoms with Gasteiger partial charge in [-0.05, 0) is 30.9 Å². The summed E-state index contributed by atoms with van der Waals surface area (Å²) in [4.78, 5) is 24.3. The van der Waals surface area contributed by atoms with Gasteiger partial charge in [0.1, 0.15) is 5.76 Å². The zero-order valence-corrected chi connectivity index (χ0v) is 21.9. The lowest BCUT2D eigenvalue weighted by Crippen LogP contribution is -2.15. The predicted molar refractivity (Wildman–Crippen MR) is 133 cm³/mol. The van der Waals surface area contributed by atoms with Gasteiger partial charge in [0.05, 0.1) is 25.2 Å². The summed E-state index contributed by atoms with van der Waals surface area (Å²) in [5, 5.41) is 21.2. The van der Waals surface area contributed by atoms with Gasteiger partial charge in [0.2, 0.25) is 0 Å². The number of hydrogen-bond donors (Lipinski definition) is 2. The van der Waals surface area contributed by atoms with E-state index in [1.54, 1.807) is 31.7 Å². The van der Waals surface area contributed by atoms with Crippen LogP contribution in [0.4, 0.5) is 0 Å². The maximum Gasteiger partial charge on any atom is 0.313 e. The van der Waals surface area contributed by atoms with Crippen molar-refractivity contribution in [2.75, 3.05) is 12.9 Å². The van der Waals surface area contributed by atoms with E-state index in [0.717, 1.165) is 49.2 Å². The molecule has 6 nitrogen and oxygen atoms in total. The van der Waals surface area contributed by atoms with Crippen molar-refractivity contribution in [1.29, 1.82) is 0 Å². The molecule has 1 rings (SSSR count). The second kappa shape index (κ2) is 16.3. The van der Waals surface area contributed by atoms with E-state index in [4.69, 9.17) is 4.74 Å². The van der Waals surface area contributed by atoms with Gasteiger partial charge >= 0.3 is 11.9 Å². The molecule has 0 saturated carbocycles. The smallest absolute Gasteiger partial charge is 0.313 e. The lowest BCUT2D eigenvalue weighted by atomic mass is 9.96. The average molecular weight is 485 g/mol. The van der Waals surface area contributed by atoms with Crippen LogP contribution in [-0.4, -0.2) is 47.2 Å². The lowest BCUT2D eigenvalue weighted by Gasteiger charge is -2.17. The summed E-state index contributed by atoms with van der Waals surface area (Å²) in [6.07, 6.45) is 9.80. The molecule has 0 aromatic rings. The number of hydrogen-bond acceptors (Lipinski definition) is 7. The number of esters is 2. The minimum Gasteiger partial charge on any atom is -0.469 e. The molecule has 0 aromatic heterocycles. The van der Waals surface area contributed by atoms with Crippen LogP contribution in [0.15, 0.2) is 22.8 Å². The van der Waals surface area contributed by atoms with Crippen molar-refractivity contribution < 1.29 is 29.3 Å². The van der Waals surface area contributed by atoms with Crippen LogP contribution in [0.1, 0.15) is 85.5 Å². The first kappa shape index (κ1) is 29.7. The summed E-state index contributed by atoms with van der Waals surface area (Å²) in [7, 11) is 1.40. The fourth-order valence-corrected chi connectivity index (χ4v) is 5.03. The Kier molecular flexibility index (Phi) is 14.7. The van der Waals surface area contributed by atoms with Crippen LogP contribution in [0.2, 0.25) is 0 Å². The summed E-state index contributed by atoms with van der Waals surface area (Å²) in [6.45, 7) is 7.90. The lowest BCUT2D eigenvalue weighted by molar-refractivity contribution is -0.143. The standard InChI is InChI=1S/C26H44O6S/c1-6-7-11-19(4)16-20(27)13-14-21-22(28)17-23(32-26(30)18(2)3)25(21)33-15-10-8-9-12-24(29)31-5/h13-14,18-22,27-28H,6-12,15-17H2,1-5H3/b14-13+/t19-,20-,21+,22-/m1/s1. The molecule has 0 unspecified atom stereocenters. The molecule has 0 aromatic carbocycles. The molecule has 0 aliphatic heterocycles. The Balaban J connectivity index is 2.77. The van der Waals surface area contributed by atoms with E-state index in [1.807, 2.05) is 6.08 Å². The molecule has 0 fully saturated rings. The second-order valence-electron chi connectivity index (χ2n) is 9.33. The first-order valence-electron chi connectivity index (χ1n) is 12.4. The molecule has 33 heavy (non-hydrogen) atoms. The van der Waals surface area contributed by atoms with E-state index in [-0.39, 0.29) is 23.8 Å². The zero-order chi connectivity index (χ0) is 24.8. The molecule has 190 valence electrons. The number of thioether (sulfide) groups is 1. The molecular formula is C26H44O6S. The molecule has 1 aliphatic rings. The van der Waals surface area contributed by atoms with Gasteiger partial charge in [0.25, 0.3) is 0 Å². The first-order valence-corrected chi connectivity index (χ1v) is 13.4. The topological polar surface area (TPSA) is 93.1 Å². The van der Waals surface area contributed by atoms with E-state index in [1.165, 1.54) is 7.11 Å². The predicted octanol–water partition coefficient (Wildman–Crippen LogP) is 5.38. The summed E-state index contributed by atoms with van der Waals surface area (Å²) < 4.78 is 10.3. The van der Waals surface area contributed by atoms with Crippen molar-refractivity contribution >= 4 is 23.7 Å². The van der Waals surface area contributed by atoms with Crippen LogP contribution >= 0.6 is 11.8 Å². The van der Waals surface area contributed by atoms with Crippen molar-refractivity contribution in [3.63, 3.8) is 0 Å². The minimum atomic E-state index is -0.678. The fourth-order valence-electron chi connectivity index (χ4n) is 3.74. The van der Waals surface area contributed by atoms with Gasteiger partial charge in [-0.3, -0.25) is 9.59 Å². The highest BCUT2D eigenvalue weighted by Gasteiger charge is 2.35. The van der Waals surface area contributed by atoms with Crippen LogP contribution < -0.4 is 0 Å². The molecule has 1 aliphatic carbocycles. The molecular weight excluding hydrogens is 440 g/mol. The van der Waals surface area contributed by atoms with E-state index >= 15 is 0 Å². The Hall–Kier alpha value is -1.31. The molecule has 0 heterocycles. The third-order valence-electron chi connectivity index (χ3n) is 5.83. The highest BCUT2D eigenvalue weighted by Crippen LogP contribution is 2.41. The number of aliphatic hydroxyl groups is 2. The van der Waals surface area contributed by atoms with Crippen LogP contribution in [0, 0.1) is 17.8 Å². The first-order chi connectivity index (χ1) is 15.7. The SMILES string of the molecule is CCCC[C@@H](C)C[C@H](O)/C=C/[C@@H]1C(SCCCCCC(=O)OC)=C(OC(=O)C(C)C)C[C@H]1O. The number of ether oxygens (including phenoxy) is 2. The Bertz CT molecular complexity index is 657. The molecule has 4 atom stereocenters. The molecule has 7 heteroatoms. The largest absolute Gasteiger partial charge is 0.469 e. The normalized spacial score (nSPS) is 20.5. The van der Waals surface area contributed by atoms with E-state index < -0.39 is 12.2 Å². The number of methoxy groups -OCH3 is 1. The Morgan fingerprint density at radius 2 is 1.91 bits per heavy atom. The Morgan fingerprint density at radius 3 is 2.55 bits per heavy atom. The maximum atomic E-state index is 12.2. The monoisotopic (exact) mass is 484 g/mol. The highest BCUT2D eigenvalue weighted by molar-refractivity contribution is 8.03. The summed E-state index contributed by atoms with van der Waals surface area (Å²) in [5.74, 6) is 0.743. The fraction of sp³-hybridized carbons (Fsp3) is 0.769. The van der Waals surface area contributed by atoms with E-state index in [2.05, 4.69) is 18.6 Å². The van der Waals surface area contributed by atoms with Gasteiger partial charge in [0.15, 0.2) is 0 Å². The van der Waals surface area contributed by atoms with Crippen molar-refractivity contribution in [3.05, 3.63) is 22.8 Å². The van der Waals surface area contributed by atoms with Crippen molar-refractivity contribution in [3.8, 4) is 0 Å². The average Bonchev–Trinajstić information content (AvgIpc) is 3.06. The zero-order valence-electron chi connectivity index (χ0n) is 21.0. The van der Waals surface area contributed by atoms with Crippen LogP contribution in [0.3, 0.4) is 0 Å².